The Morgan fingerprint density at radius 1 is 1.23 bits per heavy atom. The summed E-state index contributed by atoms with van der Waals surface area (Å²) >= 11 is 0. The molecule has 8 nitrogen and oxygen atoms in total. The molecule has 1 aliphatic rings. The molecule has 1 aromatic heterocycles. The van der Waals surface area contributed by atoms with Gasteiger partial charge in [-0.15, -0.1) is 0 Å². The van der Waals surface area contributed by atoms with Gasteiger partial charge in [0.1, 0.15) is 5.82 Å². The first-order valence-electron chi connectivity index (χ1n) is 7.99. The third-order valence-electron chi connectivity index (χ3n) is 4.34. The molecule has 2 aromatic rings. The van der Waals surface area contributed by atoms with Gasteiger partial charge < -0.3 is 4.90 Å². The summed E-state index contributed by atoms with van der Waals surface area (Å²) in [6.07, 6.45) is 1.65. The van der Waals surface area contributed by atoms with Crippen molar-refractivity contribution >= 4 is 22.1 Å². The van der Waals surface area contributed by atoms with Crippen molar-refractivity contribution in [3.63, 3.8) is 0 Å². The summed E-state index contributed by atoms with van der Waals surface area (Å²) in [5.41, 5.74) is 2.79. The van der Waals surface area contributed by atoms with Crippen LogP contribution in [0.1, 0.15) is 25.0 Å². The Morgan fingerprint density at radius 2 is 1.88 bits per heavy atom. The van der Waals surface area contributed by atoms with Crippen molar-refractivity contribution in [2.75, 3.05) is 12.4 Å². The largest absolute Gasteiger partial charge is 0.323 e. The van der Waals surface area contributed by atoms with Crippen molar-refractivity contribution in [2.24, 2.45) is 5.14 Å². The Hall–Kier alpha value is -2.49. The van der Waals surface area contributed by atoms with E-state index in [1.54, 1.807) is 32.0 Å². The molecular formula is C17H21N5O3S. The van der Waals surface area contributed by atoms with E-state index in [-0.39, 0.29) is 6.03 Å². The first-order chi connectivity index (χ1) is 12.1. The van der Waals surface area contributed by atoms with Gasteiger partial charge in [0, 0.05) is 18.8 Å². The highest BCUT2D eigenvalue weighted by molar-refractivity contribution is 7.87. The second-order valence-electron chi connectivity index (χ2n) is 6.82. The Balaban J connectivity index is 1.96. The van der Waals surface area contributed by atoms with Gasteiger partial charge in [0.05, 0.1) is 12.1 Å². The van der Waals surface area contributed by atoms with Crippen LogP contribution in [0.3, 0.4) is 0 Å². The van der Waals surface area contributed by atoms with E-state index in [2.05, 4.69) is 15.0 Å². The lowest BCUT2D eigenvalue weighted by molar-refractivity contribution is 0.218. The first kappa shape index (κ1) is 18.3. The van der Waals surface area contributed by atoms with Crippen molar-refractivity contribution in [2.45, 2.75) is 25.9 Å². The maximum Gasteiger partial charge on any atom is 0.323 e. The summed E-state index contributed by atoms with van der Waals surface area (Å²) in [4.78, 5) is 17.6. The number of pyridine rings is 1. The SMILES string of the molecule is CN1Cc2c(-c3ccc(C(C)(C)NS(N)(=O)=O)cc3)ccnc2NC1=O. The summed E-state index contributed by atoms with van der Waals surface area (Å²) in [6, 6.07) is 9.24. The molecule has 0 saturated carbocycles. The number of urea groups is 1. The Kier molecular flexibility index (Phi) is 4.47. The second-order valence-corrected chi connectivity index (χ2v) is 8.12. The number of nitrogens with one attached hydrogen (secondary N) is 2. The minimum absolute atomic E-state index is 0.187. The van der Waals surface area contributed by atoms with Crippen LogP contribution < -0.4 is 15.2 Å². The van der Waals surface area contributed by atoms with Gasteiger partial charge in [-0.05, 0) is 36.6 Å². The molecule has 0 spiro atoms. The normalized spacial score (nSPS) is 14.8. The van der Waals surface area contributed by atoms with Crippen LogP contribution in [0.4, 0.5) is 10.6 Å². The van der Waals surface area contributed by atoms with Crippen LogP contribution in [-0.4, -0.2) is 31.4 Å². The number of carbonyl (C=O) groups is 1. The molecule has 0 fully saturated rings. The van der Waals surface area contributed by atoms with Crippen molar-refractivity contribution in [3.8, 4) is 11.1 Å². The van der Waals surface area contributed by atoms with Crippen LogP contribution in [-0.2, 0) is 22.3 Å². The average Bonchev–Trinajstić information content (AvgIpc) is 2.53. The minimum atomic E-state index is -3.82. The number of fused-ring (bicyclic) bond motifs is 1. The summed E-state index contributed by atoms with van der Waals surface area (Å²) in [5.74, 6) is 0.561. The number of hydrogen-bond acceptors (Lipinski definition) is 4. The molecule has 0 aliphatic carbocycles. The Labute approximate surface area is 152 Å². The number of aromatic nitrogens is 1. The van der Waals surface area contributed by atoms with Gasteiger partial charge in [0.15, 0.2) is 0 Å². The number of amides is 2. The zero-order chi connectivity index (χ0) is 19.1. The first-order valence-corrected chi connectivity index (χ1v) is 9.54. The highest BCUT2D eigenvalue weighted by Crippen LogP contribution is 2.32. The van der Waals surface area contributed by atoms with Crippen molar-refractivity contribution < 1.29 is 13.2 Å². The van der Waals surface area contributed by atoms with Gasteiger partial charge in [-0.1, -0.05) is 24.3 Å². The van der Waals surface area contributed by atoms with Gasteiger partial charge in [0.2, 0.25) is 0 Å². The zero-order valence-electron chi connectivity index (χ0n) is 14.8. The lowest BCUT2D eigenvalue weighted by Crippen LogP contribution is -2.44. The average molecular weight is 375 g/mol. The fourth-order valence-electron chi connectivity index (χ4n) is 3.02. The maximum absolute atomic E-state index is 11.8. The molecule has 0 atom stereocenters. The summed E-state index contributed by atoms with van der Waals surface area (Å²) in [5, 5.41) is 7.86. The summed E-state index contributed by atoms with van der Waals surface area (Å²) < 4.78 is 25.1. The molecule has 138 valence electrons. The fraction of sp³-hybridized carbons (Fsp3) is 0.294. The van der Waals surface area contributed by atoms with E-state index >= 15 is 0 Å². The number of rotatable bonds is 4. The smallest absolute Gasteiger partial charge is 0.323 e. The van der Waals surface area contributed by atoms with Crippen LogP contribution in [0.25, 0.3) is 11.1 Å². The van der Waals surface area contributed by atoms with Gasteiger partial charge >= 0.3 is 6.03 Å². The second kappa shape index (κ2) is 6.35. The molecule has 9 heteroatoms. The van der Waals surface area contributed by atoms with Crippen LogP contribution >= 0.6 is 0 Å². The molecule has 0 unspecified atom stereocenters. The number of nitrogens with two attached hydrogens (primary N) is 1. The molecule has 0 bridgehead atoms. The van der Waals surface area contributed by atoms with Gasteiger partial charge in [0.25, 0.3) is 10.2 Å². The molecule has 26 heavy (non-hydrogen) atoms. The molecule has 1 aliphatic heterocycles. The number of nitrogens with zero attached hydrogens (tertiary/aromatic N) is 2. The lowest BCUT2D eigenvalue weighted by Gasteiger charge is -2.27. The molecular weight excluding hydrogens is 354 g/mol. The highest BCUT2D eigenvalue weighted by Gasteiger charge is 2.26. The van der Waals surface area contributed by atoms with E-state index in [9.17, 15) is 13.2 Å². The Morgan fingerprint density at radius 3 is 2.50 bits per heavy atom. The Bertz CT molecular complexity index is 955. The maximum atomic E-state index is 11.8. The fourth-order valence-corrected chi connectivity index (χ4v) is 3.85. The van der Waals surface area contributed by atoms with E-state index in [4.69, 9.17) is 5.14 Å². The third-order valence-corrected chi connectivity index (χ3v) is 5.13. The highest BCUT2D eigenvalue weighted by atomic mass is 32.2. The van der Waals surface area contributed by atoms with E-state index in [1.807, 2.05) is 30.3 Å². The summed E-state index contributed by atoms with van der Waals surface area (Å²) in [6.45, 7) is 3.95. The predicted molar refractivity (Wildman–Crippen MR) is 99.4 cm³/mol. The lowest BCUT2D eigenvalue weighted by atomic mass is 9.92. The minimum Gasteiger partial charge on any atom is -0.323 e. The van der Waals surface area contributed by atoms with Crippen LogP contribution in [0.15, 0.2) is 36.5 Å². The molecule has 0 radical (unpaired) electrons. The number of benzene rings is 1. The molecule has 0 saturated heterocycles. The quantitative estimate of drug-likeness (QED) is 0.754. The third kappa shape index (κ3) is 3.69. The van der Waals surface area contributed by atoms with Crippen molar-refractivity contribution in [1.82, 2.24) is 14.6 Å². The molecule has 3 rings (SSSR count). The monoisotopic (exact) mass is 375 g/mol. The van der Waals surface area contributed by atoms with Crippen LogP contribution in [0, 0.1) is 0 Å². The number of anilines is 1. The van der Waals surface area contributed by atoms with Gasteiger partial charge in [-0.2, -0.15) is 13.1 Å². The van der Waals surface area contributed by atoms with E-state index in [1.165, 1.54) is 0 Å². The number of hydrogen-bond donors (Lipinski definition) is 3. The number of carbonyl (C=O) groups excluding carboxylic acids is 1. The zero-order valence-corrected chi connectivity index (χ0v) is 15.6. The summed E-state index contributed by atoms with van der Waals surface area (Å²) in [7, 11) is -2.10. The van der Waals surface area contributed by atoms with Crippen molar-refractivity contribution in [1.29, 1.82) is 0 Å². The predicted octanol–water partition coefficient (Wildman–Crippen LogP) is 1.75. The van der Waals surface area contributed by atoms with Gasteiger partial charge in [-0.25, -0.2) is 14.9 Å². The van der Waals surface area contributed by atoms with E-state index in [0.717, 1.165) is 22.3 Å². The van der Waals surface area contributed by atoms with Crippen LogP contribution in [0.5, 0.6) is 0 Å². The molecule has 2 heterocycles. The molecule has 4 N–H and O–H groups in total. The standard InChI is InChI=1S/C17H21N5O3S/c1-17(2,21-26(18,24)25)12-6-4-11(5-7-12)13-8-9-19-15-14(13)10-22(3)16(23)20-15/h4-9,21H,10H2,1-3H3,(H2,18,24,25)(H,19,20,23). The van der Waals surface area contributed by atoms with E-state index in [0.29, 0.717) is 12.4 Å². The van der Waals surface area contributed by atoms with Crippen LogP contribution in [0.2, 0.25) is 0 Å². The topological polar surface area (TPSA) is 117 Å². The molecule has 2 amide bonds. The van der Waals surface area contributed by atoms with Crippen molar-refractivity contribution in [3.05, 3.63) is 47.7 Å². The molecule has 1 aromatic carbocycles. The van der Waals surface area contributed by atoms with E-state index < -0.39 is 15.7 Å². The van der Waals surface area contributed by atoms with Gasteiger partial charge in [-0.3, -0.25) is 5.32 Å².